The molecule has 3 rings (SSSR count). The molecule has 0 unspecified atom stereocenters. The number of amides is 2. The number of benzene rings is 1. The van der Waals surface area contributed by atoms with E-state index in [2.05, 4.69) is 22.0 Å². The van der Waals surface area contributed by atoms with E-state index in [1.165, 1.54) is 5.56 Å². The quantitative estimate of drug-likeness (QED) is 0.778. The molecule has 130 valence electrons. The molecule has 2 heterocycles. The molecule has 2 aromatic rings. The average Bonchev–Trinajstić information content (AvgIpc) is 2.68. The first kappa shape index (κ1) is 17.0. The van der Waals surface area contributed by atoms with Gasteiger partial charge in [0.2, 0.25) is 6.41 Å². The van der Waals surface area contributed by atoms with Crippen LogP contribution in [-0.4, -0.2) is 60.3 Å². The lowest BCUT2D eigenvalue weighted by atomic mass is 10.2. The zero-order valence-corrected chi connectivity index (χ0v) is 14.3. The third-order valence-corrected chi connectivity index (χ3v) is 4.42. The first-order chi connectivity index (χ1) is 12.2. The van der Waals surface area contributed by atoms with Crippen molar-refractivity contribution in [1.82, 2.24) is 14.8 Å². The fourth-order valence-electron chi connectivity index (χ4n) is 2.88. The Kier molecular flexibility index (Phi) is 5.28. The molecular formula is C19H22N4O2. The van der Waals surface area contributed by atoms with Gasteiger partial charge in [-0.1, -0.05) is 30.3 Å². The van der Waals surface area contributed by atoms with Crippen molar-refractivity contribution >= 4 is 18.0 Å². The minimum Gasteiger partial charge on any atom is -0.369 e. The van der Waals surface area contributed by atoms with Crippen molar-refractivity contribution < 1.29 is 9.59 Å². The molecule has 1 saturated heterocycles. The Balaban J connectivity index is 1.61. The number of rotatable bonds is 5. The summed E-state index contributed by atoms with van der Waals surface area (Å²) in [7, 11) is 2.00. The van der Waals surface area contributed by atoms with Gasteiger partial charge in [0.25, 0.3) is 5.91 Å². The highest BCUT2D eigenvalue weighted by molar-refractivity contribution is 5.92. The third-order valence-electron chi connectivity index (χ3n) is 4.42. The minimum absolute atomic E-state index is 0.0807. The second-order valence-electron chi connectivity index (χ2n) is 6.18. The maximum Gasteiger partial charge on any atom is 0.272 e. The summed E-state index contributed by atoms with van der Waals surface area (Å²) in [5.41, 5.74) is 2.63. The highest BCUT2D eigenvalue weighted by Gasteiger charge is 2.22. The Morgan fingerprint density at radius 1 is 1.12 bits per heavy atom. The van der Waals surface area contributed by atoms with Crippen molar-refractivity contribution in [2.24, 2.45) is 0 Å². The molecule has 1 aromatic carbocycles. The van der Waals surface area contributed by atoms with Crippen LogP contribution in [0.1, 0.15) is 16.1 Å². The molecule has 2 amide bonds. The van der Waals surface area contributed by atoms with Gasteiger partial charge in [0.15, 0.2) is 0 Å². The fourth-order valence-corrected chi connectivity index (χ4v) is 2.88. The number of nitrogens with zero attached hydrogens (tertiary/aromatic N) is 4. The minimum atomic E-state index is -0.0807. The molecule has 0 atom stereocenters. The number of carbonyl (C=O) groups is 2. The monoisotopic (exact) mass is 338 g/mol. The number of aromatic nitrogens is 1. The van der Waals surface area contributed by atoms with Gasteiger partial charge in [-0.25, -0.2) is 4.98 Å². The lowest BCUT2D eigenvalue weighted by Crippen LogP contribution is -2.48. The Labute approximate surface area is 147 Å². The third kappa shape index (κ3) is 4.15. The van der Waals surface area contributed by atoms with E-state index in [0.29, 0.717) is 31.9 Å². The summed E-state index contributed by atoms with van der Waals surface area (Å²) in [6.45, 7) is 3.04. The van der Waals surface area contributed by atoms with E-state index in [4.69, 9.17) is 0 Å². The van der Waals surface area contributed by atoms with Gasteiger partial charge in [0.05, 0.1) is 11.9 Å². The van der Waals surface area contributed by atoms with Gasteiger partial charge in [-0.05, 0) is 17.7 Å². The molecule has 0 spiro atoms. The highest BCUT2D eigenvalue weighted by Crippen LogP contribution is 2.16. The molecule has 1 fully saturated rings. The highest BCUT2D eigenvalue weighted by atomic mass is 16.2. The number of hydrogen-bond acceptors (Lipinski definition) is 4. The van der Waals surface area contributed by atoms with Crippen molar-refractivity contribution in [2.75, 3.05) is 38.1 Å². The van der Waals surface area contributed by atoms with Crippen molar-refractivity contribution in [2.45, 2.75) is 6.54 Å². The summed E-state index contributed by atoms with van der Waals surface area (Å²) in [6, 6.07) is 13.9. The predicted molar refractivity (Wildman–Crippen MR) is 96.3 cm³/mol. The lowest BCUT2D eigenvalue weighted by molar-refractivity contribution is -0.119. The molecular weight excluding hydrogens is 316 g/mol. The fraction of sp³-hybridized carbons (Fsp3) is 0.316. The molecule has 0 bridgehead atoms. The summed E-state index contributed by atoms with van der Waals surface area (Å²) >= 11 is 0. The van der Waals surface area contributed by atoms with Crippen LogP contribution in [-0.2, 0) is 11.3 Å². The summed E-state index contributed by atoms with van der Waals surface area (Å²) in [6.07, 6.45) is 2.56. The molecule has 0 N–H and O–H groups in total. The molecule has 1 aliphatic heterocycles. The van der Waals surface area contributed by atoms with Crippen LogP contribution in [0.15, 0.2) is 48.7 Å². The Morgan fingerprint density at radius 2 is 1.84 bits per heavy atom. The van der Waals surface area contributed by atoms with Crippen molar-refractivity contribution in [3.8, 4) is 0 Å². The van der Waals surface area contributed by atoms with Gasteiger partial charge in [0, 0.05) is 39.8 Å². The first-order valence-electron chi connectivity index (χ1n) is 8.37. The normalized spacial score (nSPS) is 14.3. The van der Waals surface area contributed by atoms with Crippen LogP contribution in [0.3, 0.4) is 0 Å². The maximum atomic E-state index is 12.5. The maximum absolute atomic E-state index is 12.5. The molecule has 0 saturated carbocycles. The van der Waals surface area contributed by atoms with Gasteiger partial charge < -0.3 is 14.7 Å². The van der Waals surface area contributed by atoms with Crippen molar-refractivity contribution in [3.05, 3.63) is 59.9 Å². The van der Waals surface area contributed by atoms with E-state index in [0.717, 1.165) is 18.6 Å². The van der Waals surface area contributed by atoms with Crippen LogP contribution in [0.2, 0.25) is 0 Å². The molecule has 1 aromatic heterocycles. The van der Waals surface area contributed by atoms with E-state index < -0.39 is 0 Å². The predicted octanol–water partition coefficient (Wildman–Crippen LogP) is 1.63. The van der Waals surface area contributed by atoms with E-state index in [-0.39, 0.29) is 5.91 Å². The molecule has 6 heteroatoms. The van der Waals surface area contributed by atoms with Gasteiger partial charge in [-0.15, -0.1) is 0 Å². The van der Waals surface area contributed by atoms with Crippen molar-refractivity contribution in [3.63, 3.8) is 0 Å². The van der Waals surface area contributed by atoms with Gasteiger partial charge in [-0.2, -0.15) is 0 Å². The summed E-state index contributed by atoms with van der Waals surface area (Å²) in [4.78, 5) is 33.1. The first-order valence-corrected chi connectivity index (χ1v) is 8.37. The Hall–Kier alpha value is -2.89. The van der Waals surface area contributed by atoms with Gasteiger partial charge in [-0.3, -0.25) is 9.59 Å². The molecule has 6 nitrogen and oxygen atoms in total. The lowest BCUT2D eigenvalue weighted by Gasteiger charge is -2.32. The van der Waals surface area contributed by atoms with E-state index in [9.17, 15) is 9.59 Å². The average molecular weight is 338 g/mol. The molecule has 0 aliphatic carbocycles. The standard InChI is InChI=1S/C19H22N4O2/c1-21(14-16-5-3-2-4-6-16)17-7-8-18(20-13-17)19(25)23-11-9-22(15-24)10-12-23/h2-8,13,15H,9-12,14H2,1H3. The van der Waals surface area contributed by atoms with Crippen LogP contribution < -0.4 is 4.90 Å². The second-order valence-corrected chi connectivity index (χ2v) is 6.18. The number of pyridine rings is 1. The van der Waals surface area contributed by atoms with Crippen LogP contribution in [0.5, 0.6) is 0 Å². The zero-order chi connectivity index (χ0) is 17.6. The van der Waals surface area contributed by atoms with Gasteiger partial charge >= 0.3 is 0 Å². The van der Waals surface area contributed by atoms with Crippen LogP contribution >= 0.6 is 0 Å². The molecule has 1 aliphatic rings. The zero-order valence-electron chi connectivity index (χ0n) is 14.3. The Morgan fingerprint density at radius 3 is 2.44 bits per heavy atom. The number of piperazine rings is 1. The van der Waals surface area contributed by atoms with E-state index in [1.54, 1.807) is 22.1 Å². The molecule has 25 heavy (non-hydrogen) atoms. The number of hydrogen-bond donors (Lipinski definition) is 0. The van der Waals surface area contributed by atoms with E-state index in [1.807, 2.05) is 31.3 Å². The summed E-state index contributed by atoms with van der Waals surface area (Å²) in [5.74, 6) is -0.0807. The number of anilines is 1. The largest absolute Gasteiger partial charge is 0.369 e. The second kappa shape index (κ2) is 7.79. The van der Waals surface area contributed by atoms with Crippen LogP contribution in [0, 0.1) is 0 Å². The van der Waals surface area contributed by atoms with E-state index >= 15 is 0 Å². The summed E-state index contributed by atoms with van der Waals surface area (Å²) < 4.78 is 0. The van der Waals surface area contributed by atoms with Gasteiger partial charge in [0.1, 0.15) is 5.69 Å². The van der Waals surface area contributed by atoms with Crippen LogP contribution in [0.25, 0.3) is 0 Å². The smallest absolute Gasteiger partial charge is 0.272 e. The van der Waals surface area contributed by atoms with Crippen LogP contribution in [0.4, 0.5) is 5.69 Å². The van der Waals surface area contributed by atoms with Crippen molar-refractivity contribution in [1.29, 1.82) is 0 Å². The topological polar surface area (TPSA) is 56.8 Å². The molecule has 0 radical (unpaired) electrons. The Bertz CT molecular complexity index is 710. The number of carbonyl (C=O) groups excluding carboxylic acids is 2. The SMILES string of the molecule is CN(Cc1ccccc1)c1ccc(C(=O)N2CCN(C=O)CC2)nc1. The summed E-state index contributed by atoms with van der Waals surface area (Å²) in [5, 5.41) is 0.